The summed E-state index contributed by atoms with van der Waals surface area (Å²) in [5.41, 5.74) is 0.245. The molecule has 14 heavy (non-hydrogen) atoms. The van der Waals surface area contributed by atoms with Gasteiger partial charge in [0.15, 0.2) is 0 Å². The standard InChI is InChI=1S/C10H10F2N2/c1-14-3-2-7-4-8(6-13)10(12)5-9(7)11/h4-5,14H,2-3H2,1H3. The van der Waals surface area contributed by atoms with E-state index < -0.39 is 11.6 Å². The summed E-state index contributed by atoms with van der Waals surface area (Å²) < 4.78 is 26.0. The summed E-state index contributed by atoms with van der Waals surface area (Å²) >= 11 is 0. The lowest BCUT2D eigenvalue weighted by atomic mass is 10.1. The van der Waals surface area contributed by atoms with Gasteiger partial charge in [0.1, 0.15) is 17.7 Å². The van der Waals surface area contributed by atoms with Crippen LogP contribution in [0.25, 0.3) is 0 Å². The predicted molar refractivity (Wildman–Crippen MR) is 48.7 cm³/mol. The van der Waals surface area contributed by atoms with E-state index in [1.54, 1.807) is 13.1 Å². The van der Waals surface area contributed by atoms with Crippen molar-refractivity contribution in [3.05, 3.63) is 34.9 Å². The van der Waals surface area contributed by atoms with Crippen molar-refractivity contribution in [2.45, 2.75) is 6.42 Å². The maximum Gasteiger partial charge on any atom is 0.143 e. The van der Waals surface area contributed by atoms with Crippen LogP contribution in [-0.4, -0.2) is 13.6 Å². The minimum Gasteiger partial charge on any atom is -0.319 e. The molecule has 0 atom stereocenters. The predicted octanol–water partition coefficient (Wildman–Crippen LogP) is 1.60. The second kappa shape index (κ2) is 4.68. The first-order valence-electron chi connectivity index (χ1n) is 4.21. The van der Waals surface area contributed by atoms with Gasteiger partial charge in [0.2, 0.25) is 0 Å². The fraction of sp³-hybridized carbons (Fsp3) is 0.300. The molecule has 4 heteroatoms. The lowest BCUT2D eigenvalue weighted by Crippen LogP contribution is -2.11. The van der Waals surface area contributed by atoms with E-state index in [2.05, 4.69) is 5.32 Å². The van der Waals surface area contributed by atoms with Gasteiger partial charge >= 0.3 is 0 Å². The Balaban J connectivity index is 3.00. The van der Waals surface area contributed by atoms with Crippen molar-refractivity contribution >= 4 is 0 Å². The van der Waals surface area contributed by atoms with E-state index in [4.69, 9.17) is 5.26 Å². The van der Waals surface area contributed by atoms with Crippen molar-refractivity contribution in [1.82, 2.24) is 5.32 Å². The molecular formula is C10H10F2N2. The lowest BCUT2D eigenvalue weighted by molar-refractivity contribution is 0.567. The van der Waals surface area contributed by atoms with Gasteiger partial charge in [-0.25, -0.2) is 8.78 Å². The SMILES string of the molecule is CNCCc1cc(C#N)c(F)cc1F. The normalized spacial score (nSPS) is 9.86. The van der Waals surface area contributed by atoms with Gasteiger partial charge in [0.05, 0.1) is 5.56 Å². The largest absolute Gasteiger partial charge is 0.319 e. The molecule has 0 radical (unpaired) electrons. The van der Waals surface area contributed by atoms with Crippen LogP contribution in [0, 0.1) is 23.0 Å². The summed E-state index contributed by atoms with van der Waals surface area (Å²) in [6, 6.07) is 3.68. The zero-order valence-electron chi connectivity index (χ0n) is 7.77. The van der Waals surface area contributed by atoms with Crippen LogP contribution in [0.1, 0.15) is 11.1 Å². The van der Waals surface area contributed by atoms with Crippen LogP contribution in [0.2, 0.25) is 0 Å². The van der Waals surface area contributed by atoms with Crippen molar-refractivity contribution in [2.24, 2.45) is 0 Å². The molecule has 1 N–H and O–H groups in total. The highest BCUT2D eigenvalue weighted by Crippen LogP contribution is 2.14. The van der Waals surface area contributed by atoms with Crippen molar-refractivity contribution in [2.75, 3.05) is 13.6 Å². The second-order valence-electron chi connectivity index (χ2n) is 2.89. The molecule has 0 saturated carbocycles. The number of benzene rings is 1. The lowest BCUT2D eigenvalue weighted by Gasteiger charge is -2.03. The van der Waals surface area contributed by atoms with E-state index in [1.165, 1.54) is 6.07 Å². The number of rotatable bonds is 3. The second-order valence-corrected chi connectivity index (χ2v) is 2.89. The molecule has 1 rings (SSSR count). The molecule has 1 aromatic carbocycles. The van der Waals surface area contributed by atoms with Crippen molar-refractivity contribution in [3.8, 4) is 6.07 Å². The van der Waals surface area contributed by atoms with Gasteiger partial charge < -0.3 is 5.32 Å². The molecule has 0 unspecified atom stereocenters. The van der Waals surface area contributed by atoms with Crippen molar-refractivity contribution < 1.29 is 8.78 Å². The molecule has 0 spiro atoms. The Labute approximate surface area is 81.2 Å². The number of likely N-dealkylation sites (N-methyl/N-ethyl adjacent to an activating group) is 1. The van der Waals surface area contributed by atoms with Crippen LogP contribution in [-0.2, 0) is 6.42 Å². The molecule has 0 aromatic heterocycles. The zero-order chi connectivity index (χ0) is 10.6. The monoisotopic (exact) mass is 196 g/mol. The van der Waals surface area contributed by atoms with Crippen LogP contribution >= 0.6 is 0 Å². The number of halogens is 2. The molecule has 0 bridgehead atoms. The Morgan fingerprint density at radius 1 is 1.36 bits per heavy atom. The fourth-order valence-corrected chi connectivity index (χ4v) is 1.13. The molecule has 0 aliphatic heterocycles. The number of hydrogen-bond donors (Lipinski definition) is 1. The third-order valence-electron chi connectivity index (χ3n) is 1.90. The smallest absolute Gasteiger partial charge is 0.143 e. The van der Waals surface area contributed by atoms with Gasteiger partial charge in [0.25, 0.3) is 0 Å². The Morgan fingerprint density at radius 3 is 2.64 bits per heavy atom. The molecule has 74 valence electrons. The first-order valence-corrected chi connectivity index (χ1v) is 4.21. The van der Waals surface area contributed by atoms with E-state index in [0.29, 0.717) is 18.5 Å². The minimum atomic E-state index is -0.807. The van der Waals surface area contributed by atoms with Crippen LogP contribution in [0.5, 0.6) is 0 Å². The molecule has 0 aliphatic carbocycles. The highest BCUT2D eigenvalue weighted by molar-refractivity contribution is 5.35. The van der Waals surface area contributed by atoms with Crippen molar-refractivity contribution in [1.29, 1.82) is 5.26 Å². The zero-order valence-corrected chi connectivity index (χ0v) is 7.77. The highest BCUT2D eigenvalue weighted by atomic mass is 19.1. The van der Waals surface area contributed by atoms with Gasteiger partial charge in [-0.05, 0) is 31.6 Å². The molecule has 0 saturated heterocycles. The molecule has 0 heterocycles. The summed E-state index contributed by atoms with van der Waals surface area (Å²) in [7, 11) is 1.74. The Bertz CT molecular complexity index is 369. The summed E-state index contributed by atoms with van der Waals surface area (Å²) in [5, 5.41) is 11.4. The number of nitrogens with one attached hydrogen (secondary N) is 1. The summed E-state index contributed by atoms with van der Waals surface area (Å²) in [6.07, 6.45) is 0.442. The van der Waals surface area contributed by atoms with Gasteiger partial charge in [-0.2, -0.15) is 5.26 Å². The van der Waals surface area contributed by atoms with Crippen LogP contribution in [0.4, 0.5) is 8.78 Å². The summed E-state index contributed by atoms with van der Waals surface area (Å²) in [5.74, 6) is -1.41. The maximum atomic E-state index is 13.1. The number of nitriles is 1. The highest BCUT2D eigenvalue weighted by Gasteiger charge is 2.08. The van der Waals surface area contributed by atoms with E-state index in [-0.39, 0.29) is 5.56 Å². The maximum absolute atomic E-state index is 13.1. The van der Waals surface area contributed by atoms with E-state index in [0.717, 1.165) is 6.07 Å². The first kappa shape index (κ1) is 10.6. The van der Waals surface area contributed by atoms with Crippen LogP contribution in [0.15, 0.2) is 12.1 Å². The molecule has 0 fully saturated rings. The molecule has 0 amide bonds. The van der Waals surface area contributed by atoms with E-state index in [1.807, 2.05) is 0 Å². The Morgan fingerprint density at radius 2 is 2.07 bits per heavy atom. The molecule has 0 aliphatic rings. The third-order valence-corrected chi connectivity index (χ3v) is 1.90. The fourth-order valence-electron chi connectivity index (χ4n) is 1.13. The average Bonchev–Trinajstić information content (AvgIpc) is 2.17. The van der Waals surface area contributed by atoms with Gasteiger partial charge in [-0.1, -0.05) is 0 Å². The van der Waals surface area contributed by atoms with Crippen molar-refractivity contribution in [3.63, 3.8) is 0 Å². The Hall–Kier alpha value is -1.47. The van der Waals surface area contributed by atoms with Gasteiger partial charge in [-0.3, -0.25) is 0 Å². The first-order chi connectivity index (χ1) is 6.69. The van der Waals surface area contributed by atoms with Gasteiger partial charge in [0, 0.05) is 6.07 Å². The molecule has 2 nitrogen and oxygen atoms in total. The van der Waals surface area contributed by atoms with E-state index >= 15 is 0 Å². The number of nitrogens with zero attached hydrogens (tertiary/aromatic N) is 1. The summed E-state index contributed by atoms with van der Waals surface area (Å²) in [6.45, 7) is 0.591. The van der Waals surface area contributed by atoms with Crippen LogP contribution < -0.4 is 5.32 Å². The van der Waals surface area contributed by atoms with Gasteiger partial charge in [-0.15, -0.1) is 0 Å². The van der Waals surface area contributed by atoms with Crippen LogP contribution in [0.3, 0.4) is 0 Å². The molecular weight excluding hydrogens is 186 g/mol. The third kappa shape index (κ3) is 2.27. The number of hydrogen-bond acceptors (Lipinski definition) is 2. The quantitative estimate of drug-likeness (QED) is 0.797. The molecule has 1 aromatic rings. The summed E-state index contributed by atoms with van der Waals surface area (Å²) in [4.78, 5) is 0. The topological polar surface area (TPSA) is 35.8 Å². The Kier molecular flexibility index (Phi) is 3.55. The average molecular weight is 196 g/mol. The van der Waals surface area contributed by atoms with E-state index in [9.17, 15) is 8.78 Å². The minimum absolute atomic E-state index is 0.113.